The van der Waals surface area contributed by atoms with Gasteiger partial charge in [-0.25, -0.2) is 4.99 Å². The van der Waals surface area contributed by atoms with E-state index in [0.29, 0.717) is 22.7 Å². The molecule has 0 atom stereocenters. The summed E-state index contributed by atoms with van der Waals surface area (Å²) >= 11 is 1.34. The number of hydrogen-bond acceptors (Lipinski definition) is 4. The molecule has 0 aliphatic carbocycles. The zero-order valence-corrected chi connectivity index (χ0v) is 16.0. The first-order valence-corrected chi connectivity index (χ1v) is 9.29. The van der Waals surface area contributed by atoms with Gasteiger partial charge in [0.2, 0.25) is 5.96 Å². The fourth-order valence-corrected chi connectivity index (χ4v) is 3.75. The molecule has 2 aromatic heterocycles. The van der Waals surface area contributed by atoms with Gasteiger partial charge in [0.25, 0.3) is 11.8 Å². The van der Waals surface area contributed by atoms with Crippen molar-refractivity contribution in [1.82, 2.24) is 15.2 Å². The molecule has 1 aliphatic heterocycles. The van der Waals surface area contributed by atoms with Crippen molar-refractivity contribution in [3.05, 3.63) is 63.6 Å². The lowest BCUT2D eigenvalue weighted by Crippen LogP contribution is -2.36. The first-order valence-electron chi connectivity index (χ1n) is 8.41. The molecule has 3 rings (SSSR count). The highest BCUT2D eigenvalue weighted by Crippen LogP contribution is 2.25. The number of carbonyl (C=O) groups excluding carboxylic acids is 2. The van der Waals surface area contributed by atoms with Crippen LogP contribution < -0.4 is 16.4 Å². The summed E-state index contributed by atoms with van der Waals surface area (Å²) in [7, 11) is 1.88. The molecule has 0 bridgehead atoms. The fraction of sp³-hybridized carbons (Fsp3) is 0.211. The van der Waals surface area contributed by atoms with E-state index in [9.17, 15) is 9.59 Å². The second-order valence-corrected chi connectivity index (χ2v) is 7.09. The Morgan fingerprint density at radius 3 is 2.89 bits per heavy atom. The van der Waals surface area contributed by atoms with E-state index in [1.165, 1.54) is 11.3 Å². The maximum Gasteiger partial charge on any atom is 0.268 e. The van der Waals surface area contributed by atoms with Crippen LogP contribution in [0.15, 0.2) is 41.2 Å². The maximum absolute atomic E-state index is 12.3. The topological polar surface area (TPSA) is 102 Å². The third kappa shape index (κ3) is 3.85. The van der Waals surface area contributed by atoms with Crippen molar-refractivity contribution in [2.24, 2.45) is 17.8 Å². The summed E-state index contributed by atoms with van der Waals surface area (Å²) in [4.78, 5) is 29.2. The summed E-state index contributed by atoms with van der Waals surface area (Å²) in [6.45, 7) is 6.23. The highest BCUT2D eigenvalue weighted by atomic mass is 32.1. The molecule has 140 valence electrons. The van der Waals surface area contributed by atoms with Crippen LogP contribution in [0.1, 0.15) is 37.0 Å². The predicted molar refractivity (Wildman–Crippen MR) is 108 cm³/mol. The van der Waals surface area contributed by atoms with Gasteiger partial charge in [0.05, 0.1) is 21.8 Å². The van der Waals surface area contributed by atoms with Crippen LogP contribution in [0.4, 0.5) is 0 Å². The molecule has 4 N–H and O–H groups in total. The molecule has 0 fully saturated rings. The van der Waals surface area contributed by atoms with E-state index in [4.69, 9.17) is 5.73 Å². The molecule has 27 heavy (non-hydrogen) atoms. The average Bonchev–Trinajstić information content (AvgIpc) is 3.20. The van der Waals surface area contributed by atoms with Gasteiger partial charge in [-0.05, 0) is 36.1 Å². The van der Waals surface area contributed by atoms with Crippen LogP contribution in [0.5, 0.6) is 0 Å². The summed E-state index contributed by atoms with van der Waals surface area (Å²) in [6.07, 6.45) is 4.02. The average molecular weight is 383 g/mol. The van der Waals surface area contributed by atoms with Crippen molar-refractivity contribution in [3.63, 3.8) is 0 Å². The molecule has 2 amide bonds. The van der Waals surface area contributed by atoms with Gasteiger partial charge in [0.15, 0.2) is 0 Å². The standard InChI is InChI=1S/C19H21N5O2S/c1-4-5-13(15-9-12-14(24(15)3)6-7-21-17(12)25)22-19(20)23-18(26)16-8-11(2)10-27-16/h4-5,8-10H,1,6-7H2,2-3H3,(H,21,25)(H3,20,22,23,26)/b13-5-. The number of aryl methyl sites for hydroxylation is 1. The van der Waals surface area contributed by atoms with Crippen LogP contribution in [-0.2, 0) is 13.5 Å². The molecule has 3 heterocycles. The number of rotatable bonds is 4. The minimum absolute atomic E-state index is 0.0252. The summed E-state index contributed by atoms with van der Waals surface area (Å²) in [5.74, 6) is -0.435. The number of allylic oxidation sites excluding steroid dienone is 2. The van der Waals surface area contributed by atoms with Crippen LogP contribution in [0, 0.1) is 6.92 Å². The van der Waals surface area contributed by atoms with Gasteiger partial charge in [-0.3, -0.25) is 14.9 Å². The van der Waals surface area contributed by atoms with Gasteiger partial charge >= 0.3 is 0 Å². The van der Waals surface area contributed by atoms with E-state index < -0.39 is 0 Å². The van der Waals surface area contributed by atoms with E-state index in [-0.39, 0.29) is 17.8 Å². The molecular formula is C19H21N5O2S. The molecule has 8 heteroatoms. The molecule has 0 aromatic carbocycles. The second-order valence-electron chi connectivity index (χ2n) is 6.18. The van der Waals surface area contributed by atoms with Crippen molar-refractivity contribution in [2.45, 2.75) is 13.3 Å². The Kier molecular flexibility index (Phi) is 5.27. The number of nitrogens with two attached hydrogens (primary N) is 1. The number of aromatic nitrogens is 1. The van der Waals surface area contributed by atoms with Crippen molar-refractivity contribution in [2.75, 3.05) is 6.54 Å². The van der Waals surface area contributed by atoms with Crippen molar-refractivity contribution in [1.29, 1.82) is 0 Å². The van der Waals surface area contributed by atoms with Gasteiger partial charge < -0.3 is 15.6 Å². The van der Waals surface area contributed by atoms with E-state index in [1.54, 1.807) is 24.3 Å². The van der Waals surface area contributed by atoms with Gasteiger partial charge in [-0.1, -0.05) is 12.7 Å². The Labute approximate surface area is 161 Å². The largest absolute Gasteiger partial charge is 0.369 e. The zero-order chi connectivity index (χ0) is 19.6. The number of carbonyl (C=O) groups is 2. The number of aliphatic imine (C=N–C) groups is 1. The number of fused-ring (bicyclic) bond motifs is 1. The minimum Gasteiger partial charge on any atom is -0.369 e. The predicted octanol–water partition coefficient (Wildman–Crippen LogP) is 1.95. The number of guanidine groups is 1. The summed E-state index contributed by atoms with van der Waals surface area (Å²) < 4.78 is 1.92. The molecule has 0 unspecified atom stereocenters. The van der Waals surface area contributed by atoms with Crippen molar-refractivity contribution >= 4 is 34.8 Å². The Hall–Kier alpha value is -3.13. The van der Waals surface area contributed by atoms with Crippen LogP contribution in [0.2, 0.25) is 0 Å². The fourth-order valence-electron chi connectivity index (χ4n) is 2.95. The van der Waals surface area contributed by atoms with Gasteiger partial charge in [-0.2, -0.15) is 0 Å². The Bertz CT molecular complexity index is 980. The lowest BCUT2D eigenvalue weighted by Gasteiger charge is -2.14. The first kappa shape index (κ1) is 18.7. The first-order chi connectivity index (χ1) is 12.9. The smallest absolute Gasteiger partial charge is 0.268 e. The lowest BCUT2D eigenvalue weighted by atomic mass is 10.1. The maximum atomic E-state index is 12.3. The van der Waals surface area contributed by atoms with Crippen LogP contribution in [-0.4, -0.2) is 28.9 Å². The van der Waals surface area contributed by atoms with Gasteiger partial charge in [-0.15, -0.1) is 11.3 Å². The molecule has 0 radical (unpaired) electrons. The van der Waals surface area contributed by atoms with E-state index in [0.717, 1.165) is 23.4 Å². The zero-order valence-electron chi connectivity index (χ0n) is 15.2. The summed E-state index contributed by atoms with van der Waals surface area (Å²) in [5, 5.41) is 7.32. The van der Waals surface area contributed by atoms with E-state index in [1.807, 2.05) is 23.9 Å². The van der Waals surface area contributed by atoms with Crippen LogP contribution >= 0.6 is 11.3 Å². The summed E-state index contributed by atoms with van der Waals surface area (Å²) in [5.41, 5.74) is 9.76. The lowest BCUT2D eigenvalue weighted by molar-refractivity contribution is 0.0943. The Morgan fingerprint density at radius 2 is 2.26 bits per heavy atom. The van der Waals surface area contributed by atoms with E-state index in [2.05, 4.69) is 22.2 Å². The van der Waals surface area contributed by atoms with Crippen molar-refractivity contribution in [3.8, 4) is 0 Å². The molecule has 2 aromatic rings. The minimum atomic E-state index is -0.308. The van der Waals surface area contributed by atoms with Crippen LogP contribution in [0.3, 0.4) is 0 Å². The third-order valence-electron chi connectivity index (χ3n) is 4.23. The number of nitrogens with zero attached hydrogens (tertiary/aromatic N) is 2. The molecule has 0 spiro atoms. The van der Waals surface area contributed by atoms with Crippen LogP contribution in [0.25, 0.3) is 5.70 Å². The SMILES string of the molecule is C=C/C=C(\N=C(N)NC(=O)c1cc(C)cs1)c1cc2c(n1C)CCNC2=O. The molecule has 1 aliphatic rings. The van der Waals surface area contributed by atoms with E-state index >= 15 is 0 Å². The Morgan fingerprint density at radius 1 is 1.48 bits per heavy atom. The van der Waals surface area contributed by atoms with Gasteiger partial charge in [0.1, 0.15) is 0 Å². The highest BCUT2D eigenvalue weighted by Gasteiger charge is 2.23. The quantitative estimate of drug-likeness (QED) is 0.427. The van der Waals surface area contributed by atoms with Gasteiger partial charge in [0, 0.05) is 25.7 Å². The number of nitrogens with one attached hydrogen (secondary N) is 2. The molecule has 0 saturated heterocycles. The second kappa shape index (κ2) is 7.63. The highest BCUT2D eigenvalue weighted by molar-refractivity contribution is 7.12. The molecular weight excluding hydrogens is 362 g/mol. The number of hydrogen-bond donors (Lipinski definition) is 3. The number of thiophene rings is 1. The number of amides is 2. The normalized spacial score (nSPS) is 14.5. The molecule has 0 saturated carbocycles. The molecule has 7 nitrogen and oxygen atoms in total. The summed E-state index contributed by atoms with van der Waals surface area (Å²) in [6, 6.07) is 3.57. The Balaban J connectivity index is 1.89. The van der Waals surface area contributed by atoms with Crippen molar-refractivity contribution < 1.29 is 9.59 Å². The monoisotopic (exact) mass is 383 g/mol. The third-order valence-corrected chi connectivity index (χ3v) is 5.27.